The molecule has 0 aromatic heterocycles. The maximum absolute atomic E-state index is 12.2. The van der Waals surface area contributed by atoms with Gasteiger partial charge >= 0.3 is 0 Å². The van der Waals surface area contributed by atoms with E-state index in [-0.39, 0.29) is 18.6 Å². The summed E-state index contributed by atoms with van der Waals surface area (Å²) in [5.74, 6) is 0.114. The summed E-state index contributed by atoms with van der Waals surface area (Å²) in [6, 6.07) is 10.3. The molecular weight excluding hydrogens is 240 g/mol. The molecule has 0 spiro atoms. The second-order valence-electron chi connectivity index (χ2n) is 5.25. The summed E-state index contributed by atoms with van der Waals surface area (Å²) in [6.07, 6.45) is 0.500. The summed E-state index contributed by atoms with van der Waals surface area (Å²) in [6.45, 7) is 3.68. The van der Waals surface area contributed by atoms with Crippen molar-refractivity contribution in [2.75, 3.05) is 20.2 Å². The summed E-state index contributed by atoms with van der Waals surface area (Å²) < 4.78 is 0. The van der Waals surface area contributed by atoms with Crippen molar-refractivity contribution in [3.8, 4) is 0 Å². The molecule has 0 aliphatic carbocycles. The second-order valence-corrected chi connectivity index (χ2v) is 5.25. The average molecular weight is 262 g/mol. The highest BCUT2D eigenvalue weighted by Crippen LogP contribution is 2.21. The highest BCUT2D eigenvalue weighted by atomic mass is 16.3. The number of amides is 1. The number of aliphatic hydroxyl groups is 1. The molecule has 1 aliphatic rings. The van der Waals surface area contributed by atoms with E-state index in [4.69, 9.17) is 0 Å². The summed E-state index contributed by atoms with van der Waals surface area (Å²) in [4.78, 5) is 16.2. The molecule has 1 saturated heterocycles. The number of hydrogen-bond donors (Lipinski definition) is 1. The Morgan fingerprint density at radius 2 is 2.00 bits per heavy atom. The van der Waals surface area contributed by atoms with Crippen LogP contribution in [-0.4, -0.2) is 53.1 Å². The van der Waals surface area contributed by atoms with Crippen LogP contribution in [-0.2, 0) is 11.3 Å². The van der Waals surface area contributed by atoms with E-state index in [1.165, 1.54) is 5.56 Å². The van der Waals surface area contributed by atoms with Gasteiger partial charge < -0.3 is 10.0 Å². The number of carbonyl (C=O) groups is 1. The first-order valence-corrected chi connectivity index (χ1v) is 6.79. The van der Waals surface area contributed by atoms with Crippen LogP contribution in [0.15, 0.2) is 30.3 Å². The van der Waals surface area contributed by atoms with Gasteiger partial charge in [0.1, 0.15) is 0 Å². The molecule has 1 N–H and O–H groups in total. The predicted molar refractivity (Wildman–Crippen MR) is 74.6 cm³/mol. The molecule has 2 unspecified atom stereocenters. The van der Waals surface area contributed by atoms with Crippen molar-refractivity contribution in [1.82, 2.24) is 9.80 Å². The molecule has 19 heavy (non-hydrogen) atoms. The number of hydrogen-bond acceptors (Lipinski definition) is 3. The van der Waals surface area contributed by atoms with E-state index in [0.717, 1.165) is 13.1 Å². The molecule has 4 heteroatoms. The first-order chi connectivity index (χ1) is 9.13. The number of likely N-dealkylation sites (N-methyl/N-ethyl adjacent to an activating group) is 1. The number of nitrogens with zero attached hydrogens (tertiary/aromatic N) is 2. The van der Waals surface area contributed by atoms with Gasteiger partial charge in [0, 0.05) is 32.8 Å². The number of rotatable bonds is 4. The van der Waals surface area contributed by atoms with Crippen LogP contribution >= 0.6 is 0 Å². The van der Waals surface area contributed by atoms with Gasteiger partial charge in [0.15, 0.2) is 0 Å². The fraction of sp³-hybridized carbons (Fsp3) is 0.533. The molecule has 1 amide bonds. The first kappa shape index (κ1) is 14.0. The number of carbonyl (C=O) groups excluding carboxylic acids is 1. The van der Waals surface area contributed by atoms with Gasteiger partial charge in [-0.15, -0.1) is 0 Å². The van der Waals surface area contributed by atoms with Crippen LogP contribution in [0.2, 0.25) is 0 Å². The maximum Gasteiger partial charge on any atom is 0.239 e. The van der Waals surface area contributed by atoms with Crippen LogP contribution in [0.5, 0.6) is 0 Å². The van der Waals surface area contributed by atoms with Crippen LogP contribution in [0.3, 0.4) is 0 Å². The Morgan fingerprint density at radius 1 is 1.32 bits per heavy atom. The average Bonchev–Trinajstić information content (AvgIpc) is 2.41. The largest absolute Gasteiger partial charge is 0.396 e. The Hall–Kier alpha value is -1.39. The van der Waals surface area contributed by atoms with Gasteiger partial charge in [-0.05, 0) is 18.9 Å². The minimum atomic E-state index is -0.209. The lowest BCUT2D eigenvalue weighted by Gasteiger charge is -2.43. The van der Waals surface area contributed by atoms with Gasteiger partial charge in [-0.3, -0.25) is 9.69 Å². The SMILES string of the molecule is CC1CN(C)C(=O)C(CCO)N1Cc1ccccc1. The highest BCUT2D eigenvalue weighted by molar-refractivity contribution is 5.82. The van der Waals surface area contributed by atoms with Crippen LogP contribution in [0.1, 0.15) is 18.9 Å². The lowest BCUT2D eigenvalue weighted by atomic mass is 10.0. The third-order valence-corrected chi connectivity index (χ3v) is 3.78. The molecule has 1 heterocycles. The number of aliphatic hydroxyl groups excluding tert-OH is 1. The topological polar surface area (TPSA) is 43.8 Å². The lowest BCUT2D eigenvalue weighted by molar-refractivity contribution is -0.144. The van der Waals surface area contributed by atoms with Crippen molar-refractivity contribution in [2.45, 2.75) is 32.0 Å². The summed E-state index contributed by atoms with van der Waals surface area (Å²) in [5.41, 5.74) is 1.20. The fourth-order valence-electron chi connectivity index (χ4n) is 2.77. The van der Waals surface area contributed by atoms with Crippen LogP contribution in [0.25, 0.3) is 0 Å². The summed E-state index contributed by atoms with van der Waals surface area (Å²) in [5, 5.41) is 9.20. The third kappa shape index (κ3) is 3.14. The minimum absolute atomic E-state index is 0.0439. The highest BCUT2D eigenvalue weighted by Gasteiger charge is 2.36. The van der Waals surface area contributed by atoms with E-state index < -0.39 is 0 Å². The van der Waals surface area contributed by atoms with Gasteiger partial charge in [0.05, 0.1) is 6.04 Å². The smallest absolute Gasteiger partial charge is 0.239 e. The quantitative estimate of drug-likeness (QED) is 0.883. The maximum atomic E-state index is 12.2. The van der Waals surface area contributed by atoms with Crippen molar-refractivity contribution >= 4 is 5.91 Å². The van der Waals surface area contributed by atoms with Crippen molar-refractivity contribution < 1.29 is 9.90 Å². The Labute approximate surface area is 114 Å². The molecule has 1 aliphatic heterocycles. The van der Waals surface area contributed by atoms with Gasteiger partial charge in [-0.1, -0.05) is 30.3 Å². The molecule has 1 fully saturated rings. The molecule has 0 bridgehead atoms. The Kier molecular flexibility index (Phi) is 4.56. The van der Waals surface area contributed by atoms with Crippen molar-refractivity contribution in [3.05, 3.63) is 35.9 Å². The Bertz CT molecular complexity index is 421. The molecular formula is C15H22N2O2. The molecule has 0 radical (unpaired) electrons. The van der Waals surface area contributed by atoms with E-state index in [9.17, 15) is 9.90 Å². The van der Waals surface area contributed by atoms with E-state index in [0.29, 0.717) is 12.5 Å². The zero-order chi connectivity index (χ0) is 13.8. The first-order valence-electron chi connectivity index (χ1n) is 6.79. The normalized spacial score (nSPS) is 24.8. The van der Waals surface area contributed by atoms with E-state index >= 15 is 0 Å². The van der Waals surface area contributed by atoms with Crippen LogP contribution < -0.4 is 0 Å². The van der Waals surface area contributed by atoms with Crippen LogP contribution in [0.4, 0.5) is 0 Å². The van der Waals surface area contributed by atoms with E-state index in [1.807, 2.05) is 25.2 Å². The Balaban J connectivity index is 2.17. The monoisotopic (exact) mass is 262 g/mol. The summed E-state index contributed by atoms with van der Waals surface area (Å²) in [7, 11) is 1.84. The third-order valence-electron chi connectivity index (χ3n) is 3.78. The zero-order valence-corrected chi connectivity index (χ0v) is 11.6. The van der Waals surface area contributed by atoms with Crippen molar-refractivity contribution in [1.29, 1.82) is 0 Å². The molecule has 1 aromatic carbocycles. The van der Waals surface area contributed by atoms with Gasteiger partial charge in [0.25, 0.3) is 0 Å². The fourth-order valence-corrected chi connectivity index (χ4v) is 2.77. The molecule has 2 rings (SSSR count). The molecule has 104 valence electrons. The Morgan fingerprint density at radius 3 is 2.63 bits per heavy atom. The predicted octanol–water partition coefficient (Wildman–Crippen LogP) is 1.10. The standard InChI is InChI=1S/C15H22N2O2/c1-12-10-16(2)15(19)14(8-9-18)17(12)11-13-6-4-3-5-7-13/h3-7,12,14,18H,8-11H2,1-2H3. The molecule has 4 nitrogen and oxygen atoms in total. The molecule has 1 aromatic rings. The molecule has 0 saturated carbocycles. The number of benzene rings is 1. The van der Waals surface area contributed by atoms with E-state index in [2.05, 4.69) is 24.0 Å². The summed E-state index contributed by atoms with van der Waals surface area (Å²) >= 11 is 0. The zero-order valence-electron chi connectivity index (χ0n) is 11.6. The minimum Gasteiger partial charge on any atom is -0.396 e. The number of piperazine rings is 1. The van der Waals surface area contributed by atoms with Crippen molar-refractivity contribution in [2.24, 2.45) is 0 Å². The van der Waals surface area contributed by atoms with Gasteiger partial charge in [0.2, 0.25) is 5.91 Å². The lowest BCUT2D eigenvalue weighted by Crippen LogP contribution is -2.59. The second kappa shape index (κ2) is 6.17. The van der Waals surface area contributed by atoms with Crippen LogP contribution in [0, 0.1) is 0 Å². The van der Waals surface area contributed by atoms with E-state index in [1.54, 1.807) is 4.90 Å². The van der Waals surface area contributed by atoms with Crippen molar-refractivity contribution in [3.63, 3.8) is 0 Å². The molecule has 2 atom stereocenters. The van der Waals surface area contributed by atoms with Gasteiger partial charge in [-0.25, -0.2) is 0 Å². The van der Waals surface area contributed by atoms with Gasteiger partial charge in [-0.2, -0.15) is 0 Å².